The number of rotatable bonds is 5. The summed E-state index contributed by atoms with van der Waals surface area (Å²) in [5, 5.41) is 8.34. The molecule has 0 fully saturated rings. The van der Waals surface area contributed by atoms with Crippen LogP contribution in [0.1, 0.15) is 35.6 Å². The molecule has 0 atom stereocenters. The molecule has 0 radical (unpaired) electrons. The molecule has 5 heteroatoms. The van der Waals surface area contributed by atoms with Gasteiger partial charge in [-0.05, 0) is 39.0 Å². The lowest BCUT2D eigenvalue weighted by Gasteiger charge is -2.00. The first-order chi connectivity index (χ1) is 9.17. The Kier molecular flexibility index (Phi) is 3.94. The number of ketones is 1. The normalized spacial score (nSPS) is 11.3. The summed E-state index contributed by atoms with van der Waals surface area (Å²) in [6, 6.07) is 1.73. The van der Waals surface area contributed by atoms with Gasteiger partial charge in [-0.3, -0.25) is 14.2 Å². The van der Waals surface area contributed by atoms with Crippen molar-refractivity contribution >= 4 is 11.9 Å². The highest BCUT2D eigenvalue weighted by Gasteiger charge is 2.08. The summed E-state index contributed by atoms with van der Waals surface area (Å²) < 4.78 is 3.59. The Hall–Kier alpha value is -2.17. The van der Waals surface area contributed by atoms with E-state index in [1.165, 1.54) is 0 Å². The zero-order valence-corrected chi connectivity index (χ0v) is 11.5. The maximum Gasteiger partial charge on any atom is 0.203 e. The van der Waals surface area contributed by atoms with Gasteiger partial charge in [0.05, 0.1) is 6.20 Å². The largest absolute Gasteiger partial charge is 0.288 e. The van der Waals surface area contributed by atoms with Crippen molar-refractivity contribution in [2.75, 3.05) is 0 Å². The van der Waals surface area contributed by atoms with E-state index in [-0.39, 0.29) is 5.78 Å². The maximum absolute atomic E-state index is 12.1. The van der Waals surface area contributed by atoms with Crippen molar-refractivity contribution in [1.29, 1.82) is 0 Å². The quantitative estimate of drug-likeness (QED) is 0.611. The summed E-state index contributed by atoms with van der Waals surface area (Å²) >= 11 is 0. The topological polar surface area (TPSA) is 52.7 Å². The number of hydrogen-bond donors (Lipinski definition) is 0. The first-order valence-corrected chi connectivity index (χ1v) is 6.44. The van der Waals surface area contributed by atoms with Crippen molar-refractivity contribution in [3.8, 4) is 0 Å². The molecule has 0 bridgehead atoms. The number of carbonyl (C=O) groups is 1. The second-order valence-corrected chi connectivity index (χ2v) is 4.23. The average molecular weight is 258 g/mol. The van der Waals surface area contributed by atoms with Gasteiger partial charge in [0.2, 0.25) is 5.78 Å². The highest BCUT2D eigenvalue weighted by Crippen LogP contribution is 2.10. The zero-order valence-electron chi connectivity index (χ0n) is 11.5. The lowest BCUT2D eigenvalue weighted by molar-refractivity contribution is 0.103. The van der Waals surface area contributed by atoms with Crippen LogP contribution in [-0.2, 0) is 13.1 Å². The molecule has 0 spiro atoms. The summed E-state index contributed by atoms with van der Waals surface area (Å²) in [6.07, 6.45) is 6.81. The van der Waals surface area contributed by atoms with Crippen molar-refractivity contribution in [1.82, 2.24) is 19.6 Å². The highest BCUT2D eigenvalue weighted by atomic mass is 16.1. The van der Waals surface area contributed by atoms with E-state index in [1.54, 1.807) is 29.2 Å². The van der Waals surface area contributed by atoms with E-state index in [0.717, 1.165) is 17.8 Å². The minimum Gasteiger partial charge on any atom is -0.288 e. The van der Waals surface area contributed by atoms with Gasteiger partial charge in [-0.25, -0.2) is 0 Å². The SMILES string of the molecule is CCn1nccc1C(=O)/C=C/c1cnn(CC)c1C. The lowest BCUT2D eigenvalue weighted by atomic mass is 10.2. The first-order valence-electron chi connectivity index (χ1n) is 6.44. The molecule has 2 aromatic rings. The first kappa shape index (κ1) is 13.3. The molecule has 100 valence electrons. The molecule has 2 rings (SSSR count). The molecular weight excluding hydrogens is 240 g/mol. The van der Waals surface area contributed by atoms with Crippen molar-refractivity contribution in [3.05, 3.63) is 41.5 Å². The van der Waals surface area contributed by atoms with Gasteiger partial charge in [0, 0.05) is 30.5 Å². The van der Waals surface area contributed by atoms with Crippen molar-refractivity contribution in [2.45, 2.75) is 33.9 Å². The minimum atomic E-state index is -0.0389. The number of aromatic nitrogens is 4. The molecule has 0 aliphatic rings. The van der Waals surface area contributed by atoms with E-state index in [0.29, 0.717) is 12.2 Å². The minimum absolute atomic E-state index is 0.0389. The molecule has 0 aliphatic carbocycles. The van der Waals surface area contributed by atoms with E-state index < -0.39 is 0 Å². The van der Waals surface area contributed by atoms with Crippen LogP contribution in [0.5, 0.6) is 0 Å². The highest BCUT2D eigenvalue weighted by molar-refractivity contribution is 6.05. The molecule has 19 heavy (non-hydrogen) atoms. The third-order valence-electron chi connectivity index (χ3n) is 3.12. The van der Waals surface area contributed by atoms with Crippen molar-refractivity contribution in [3.63, 3.8) is 0 Å². The Morgan fingerprint density at radius 1 is 1.26 bits per heavy atom. The molecule has 0 amide bonds. The molecule has 0 aliphatic heterocycles. The van der Waals surface area contributed by atoms with Crippen LogP contribution in [0.2, 0.25) is 0 Å². The number of carbonyl (C=O) groups excluding carboxylic acids is 1. The van der Waals surface area contributed by atoms with Gasteiger partial charge in [0.1, 0.15) is 5.69 Å². The Morgan fingerprint density at radius 3 is 2.63 bits per heavy atom. The Labute approximate surface area is 112 Å². The van der Waals surface area contributed by atoms with Gasteiger partial charge >= 0.3 is 0 Å². The van der Waals surface area contributed by atoms with Gasteiger partial charge in [-0.15, -0.1) is 0 Å². The molecule has 0 unspecified atom stereocenters. The van der Waals surface area contributed by atoms with E-state index in [4.69, 9.17) is 0 Å². The maximum atomic E-state index is 12.1. The fourth-order valence-electron chi connectivity index (χ4n) is 1.99. The van der Waals surface area contributed by atoms with Gasteiger partial charge in [0.25, 0.3) is 0 Å². The molecule has 2 aromatic heterocycles. The Bertz CT molecular complexity index is 607. The number of allylic oxidation sites excluding steroid dienone is 1. The third kappa shape index (κ3) is 2.65. The Morgan fingerprint density at radius 2 is 2.00 bits per heavy atom. The molecular formula is C14H18N4O. The van der Waals surface area contributed by atoms with E-state index in [9.17, 15) is 4.79 Å². The van der Waals surface area contributed by atoms with Crippen LogP contribution in [0.15, 0.2) is 24.5 Å². The lowest BCUT2D eigenvalue weighted by Crippen LogP contribution is -2.07. The molecule has 0 saturated heterocycles. The summed E-state index contributed by atoms with van der Waals surface area (Å²) in [7, 11) is 0. The van der Waals surface area contributed by atoms with Crippen LogP contribution in [-0.4, -0.2) is 25.3 Å². The van der Waals surface area contributed by atoms with Gasteiger partial charge in [-0.1, -0.05) is 0 Å². The van der Waals surface area contributed by atoms with Crippen LogP contribution < -0.4 is 0 Å². The van der Waals surface area contributed by atoms with Crippen LogP contribution in [0.3, 0.4) is 0 Å². The van der Waals surface area contributed by atoms with E-state index in [2.05, 4.69) is 10.2 Å². The van der Waals surface area contributed by atoms with Crippen LogP contribution in [0.25, 0.3) is 6.08 Å². The van der Waals surface area contributed by atoms with Gasteiger partial charge < -0.3 is 0 Å². The second kappa shape index (κ2) is 5.65. The van der Waals surface area contributed by atoms with Crippen molar-refractivity contribution in [2.24, 2.45) is 0 Å². The average Bonchev–Trinajstić information content (AvgIpc) is 3.02. The predicted molar refractivity (Wildman–Crippen MR) is 73.9 cm³/mol. The third-order valence-corrected chi connectivity index (χ3v) is 3.12. The Balaban J connectivity index is 2.18. The molecule has 5 nitrogen and oxygen atoms in total. The summed E-state index contributed by atoms with van der Waals surface area (Å²) in [5.41, 5.74) is 2.65. The summed E-state index contributed by atoms with van der Waals surface area (Å²) in [4.78, 5) is 12.1. The zero-order chi connectivity index (χ0) is 13.8. The number of nitrogens with zero attached hydrogens (tertiary/aromatic N) is 4. The van der Waals surface area contributed by atoms with Gasteiger partial charge in [0.15, 0.2) is 0 Å². The van der Waals surface area contributed by atoms with E-state index >= 15 is 0 Å². The fraction of sp³-hybridized carbons (Fsp3) is 0.357. The second-order valence-electron chi connectivity index (χ2n) is 4.23. The standard InChI is InChI=1S/C14H18N4O/c1-4-17-11(3)12(10-16-17)6-7-14(19)13-8-9-15-18(13)5-2/h6-10H,4-5H2,1-3H3/b7-6+. The molecule has 0 aromatic carbocycles. The van der Waals surface area contributed by atoms with E-state index in [1.807, 2.05) is 31.5 Å². The van der Waals surface area contributed by atoms with Crippen LogP contribution in [0.4, 0.5) is 0 Å². The monoisotopic (exact) mass is 258 g/mol. The molecule has 2 heterocycles. The number of aryl methyl sites for hydroxylation is 2. The summed E-state index contributed by atoms with van der Waals surface area (Å²) in [6.45, 7) is 7.52. The molecule has 0 N–H and O–H groups in total. The smallest absolute Gasteiger partial charge is 0.203 e. The number of hydrogen-bond acceptors (Lipinski definition) is 3. The predicted octanol–water partition coefficient (Wildman–Crippen LogP) is 2.32. The van der Waals surface area contributed by atoms with Crippen LogP contribution >= 0.6 is 0 Å². The van der Waals surface area contributed by atoms with Gasteiger partial charge in [-0.2, -0.15) is 10.2 Å². The fourth-order valence-corrected chi connectivity index (χ4v) is 1.99. The van der Waals surface area contributed by atoms with Crippen molar-refractivity contribution < 1.29 is 4.79 Å². The summed E-state index contributed by atoms with van der Waals surface area (Å²) in [5.74, 6) is -0.0389. The molecule has 0 saturated carbocycles. The van der Waals surface area contributed by atoms with Crippen LogP contribution in [0, 0.1) is 6.92 Å².